The number of nitrogens with zero attached hydrogens (tertiary/aromatic N) is 1. The number of benzene rings is 1. The largest absolute Gasteiger partial charge is 0.336 e. The Hall–Kier alpha value is -1.11. The molecule has 1 fully saturated rings. The molecule has 0 aromatic heterocycles. The Kier molecular flexibility index (Phi) is 4.67. The topological polar surface area (TPSA) is 66.5 Å². The number of amides is 1. The zero-order valence-electron chi connectivity index (χ0n) is 11.2. The lowest BCUT2D eigenvalue weighted by Gasteiger charge is -2.27. The zero-order valence-corrected chi connectivity index (χ0v) is 12.8. The lowest BCUT2D eigenvalue weighted by Crippen LogP contribution is -2.46. The summed E-state index contributed by atoms with van der Waals surface area (Å²) in [5, 5.41) is 3.44. The third-order valence-corrected chi connectivity index (χ3v) is 5.37. The minimum atomic E-state index is -3.34. The van der Waals surface area contributed by atoms with Crippen LogP contribution in [0, 0.1) is 0 Å². The minimum Gasteiger partial charge on any atom is -0.336 e. The van der Waals surface area contributed by atoms with Gasteiger partial charge in [0.1, 0.15) is 0 Å². The standard InChI is InChI=1S/C13H17ClN2O3S/c1-2-20(18,19)10-3-4-12(14)11(9-10)13(17)16-7-5-15-6-8-16/h3-4,9,15H,2,5-8H2,1H3. The molecule has 0 unspecified atom stereocenters. The van der Waals surface area contributed by atoms with Crippen LogP contribution in [0.3, 0.4) is 0 Å². The van der Waals surface area contributed by atoms with Crippen LogP contribution in [0.1, 0.15) is 17.3 Å². The maximum absolute atomic E-state index is 12.4. The first-order valence-electron chi connectivity index (χ1n) is 6.48. The molecule has 1 N–H and O–H groups in total. The molecule has 0 radical (unpaired) electrons. The van der Waals surface area contributed by atoms with Gasteiger partial charge in [0, 0.05) is 26.2 Å². The van der Waals surface area contributed by atoms with Crippen LogP contribution in [0.15, 0.2) is 23.1 Å². The van der Waals surface area contributed by atoms with Gasteiger partial charge < -0.3 is 10.2 Å². The number of sulfone groups is 1. The second-order valence-corrected chi connectivity index (χ2v) is 7.27. The Balaban J connectivity index is 2.35. The molecule has 20 heavy (non-hydrogen) atoms. The highest BCUT2D eigenvalue weighted by molar-refractivity contribution is 7.91. The van der Waals surface area contributed by atoms with E-state index in [9.17, 15) is 13.2 Å². The minimum absolute atomic E-state index is 0.00407. The van der Waals surface area contributed by atoms with Gasteiger partial charge in [-0.15, -0.1) is 0 Å². The molecule has 1 aromatic carbocycles. The van der Waals surface area contributed by atoms with E-state index in [1.165, 1.54) is 18.2 Å². The average molecular weight is 317 g/mol. The van der Waals surface area contributed by atoms with Crippen LogP contribution in [0.4, 0.5) is 0 Å². The molecule has 1 heterocycles. The van der Waals surface area contributed by atoms with Crippen molar-refractivity contribution in [2.24, 2.45) is 0 Å². The Morgan fingerprint density at radius 3 is 2.60 bits per heavy atom. The first kappa shape index (κ1) is 15.3. The zero-order chi connectivity index (χ0) is 14.8. The third-order valence-electron chi connectivity index (χ3n) is 3.31. The van der Waals surface area contributed by atoms with E-state index in [1.807, 2.05) is 0 Å². The molecule has 110 valence electrons. The number of halogens is 1. The molecule has 2 rings (SSSR count). The molecule has 0 bridgehead atoms. The molecule has 1 saturated heterocycles. The number of carbonyl (C=O) groups is 1. The smallest absolute Gasteiger partial charge is 0.255 e. The lowest BCUT2D eigenvalue weighted by molar-refractivity contribution is 0.0735. The fraction of sp³-hybridized carbons (Fsp3) is 0.462. The monoisotopic (exact) mass is 316 g/mol. The van der Waals surface area contributed by atoms with Crippen LogP contribution < -0.4 is 5.32 Å². The summed E-state index contributed by atoms with van der Waals surface area (Å²) >= 11 is 6.05. The van der Waals surface area contributed by atoms with Gasteiger partial charge in [-0.1, -0.05) is 18.5 Å². The van der Waals surface area contributed by atoms with E-state index in [0.717, 1.165) is 13.1 Å². The summed E-state index contributed by atoms with van der Waals surface area (Å²) in [7, 11) is -3.34. The normalized spacial score (nSPS) is 16.2. The number of rotatable bonds is 3. The maximum Gasteiger partial charge on any atom is 0.255 e. The molecular weight excluding hydrogens is 300 g/mol. The highest BCUT2D eigenvalue weighted by Crippen LogP contribution is 2.23. The van der Waals surface area contributed by atoms with Crippen molar-refractivity contribution in [1.82, 2.24) is 10.2 Å². The van der Waals surface area contributed by atoms with Gasteiger partial charge in [0.15, 0.2) is 9.84 Å². The van der Waals surface area contributed by atoms with Crippen LogP contribution in [-0.2, 0) is 9.84 Å². The molecule has 0 atom stereocenters. The van der Waals surface area contributed by atoms with Crippen molar-refractivity contribution >= 4 is 27.3 Å². The van der Waals surface area contributed by atoms with E-state index in [-0.39, 0.29) is 27.1 Å². The quantitative estimate of drug-likeness (QED) is 0.909. The third kappa shape index (κ3) is 3.13. The summed E-state index contributed by atoms with van der Waals surface area (Å²) in [6, 6.07) is 4.29. The number of piperazine rings is 1. The van der Waals surface area contributed by atoms with Crippen molar-refractivity contribution in [3.63, 3.8) is 0 Å². The Labute approximate surface area is 123 Å². The highest BCUT2D eigenvalue weighted by atomic mass is 35.5. The predicted octanol–water partition coefficient (Wildman–Crippen LogP) is 1.18. The molecule has 1 aliphatic heterocycles. The molecular formula is C13H17ClN2O3S. The number of nitrogens with one attached hydrogen (secondary N) is 1. The Morgan fingerprint density at radius 2 is 2.00 bits per heavy atom. The maximum atomic E-state index is 12.4. The predicted molar refractivity (Wildman–Crippen MR) is 78.0 cm³/mol. The summed E-state index contributed by atoms with van der Waals surface area (Å²) in [6.07, 6.45) is 0. The van der Waals surface area contributed by atoms with E-state index in [4.69, 9.17) is 11.6 Å². The second-order valence-electron chi connectivity index (χ2n) is 4.59. The van der Waals surface area contributed by atoms with Crippen molar-refractivity contribution in [2.45, 2.75) is 11.8 Å². The fourth-order valence-electron chi connectivity index (χ4n) is 2.07. The average Bonchev–Trinajstić information content (AvgIpc) is 2.47. The fourth-order valence-corrected chi connectivity index (χ4v) is 3.17. The molecule has 0 saturated carbocycles. The van der Waals surface area contributed by atoms with Gasteiger partial charge in [0.05, 0.1) is 21.2 Å². The summed E-state index contributed by atoms with van der Waals surface area (Å²) in [4.78, 5) is 14.2. The van der Waals surface area contributed by atoms with Crippen LogP contribution >= 0.6 is 11.6 Å². The lowest BCUT2D eigenvalue weighted by atomic mass is 10.2. The first-order valence-corrected chi connectivity index (χ1v) is 8.51. The molecule has 5 nitrogen and oxygen atoms in total. The van der Waals surface area contributed by atoms with Crippen molar-refractivity contribution < 1.29 is 13.2 Å². The van der Waals surface area contributed by atoms with E-state index in [1.54, 1.807) is 11.8 Å². The Bertz CT molecular complexity index is 610. The van der Waals surface area contributed by atoms with Crippen molar-refractivity contribution in [2.75, 3.05) is 31.9 Å². The van der Waals surface area contributed by atoms with Crippen molar-refractivity contribution in [1.29, 1.82) is 0 Å². The van der Waals surface area contributed by atoms with Gasteiger partial charge >= 0.3 is 0 Å². The second kappa shape index (κ2) is 6.11. The number of hydrogen-bond acceptors (Lipinski definition) is 4. The number of hydrogen-bond donors (Lipinski definition) is 1. The van der Waals surface area contributed by atoms with Gasteiger partial charge in [0.25, 0.3) is 5.91 Å². The molecule has 1 aromatic rings. The van der Waals surface area contributed by atoms with Gasteiger partial charge in [-0.2, -0.15) is 0 Å². The van der Waals surface area contributed by atoms with Gasteiger partial charge in [-0.05, 0) is 18.2 Å². The van der Waals surface area contributed by atoms with E-state index in [2.05, 4.69) is 5.32 Å². The SMILES string of the molecule is CCS(=O)(=O)c1ccc(Cl)c(C(=O)N2CCNCC2)c1. The Morgan fingerprint density at radius 1 is 1.35 bits per heavy atom. The molecule has 0 aliphatic carbocycles. The van der Waals surface area contributed by atoms with Gasteiger partial charge in [-0.3, -0.25) is 4.79 Å². The van der Waals surface area contributed by atoms with E-state index < -0.39 is 9.84 Å². The highest BCUT2D eigenvalue weighted by Gasteiger charge is 2.22. The van der Waals surface area contributed by atoms with E-state index in [0.29, 0.717) is 13.1 Å². The molecule has 1 aliphatic rings. The molecule has 1 amide bonds. The van der Waals surface area contributed by atoms with Crippen molar-refractivity contribution in [3.05, 3.63) is 28.8 Å². The van der Waals surface area contributed by atoms with Gasteiger partial charge in [-0.25, -0.2) is 8.42 Å². The summed E-state index contributed by atoms with van der Waals surface area (Å²) in [6.45, 7) is 4.23. The summed E-state index contributed by atoms with van der Waals surface area (Å²) in [5.41, 5.74) is 0.253. The van der Waals surface area contributed by atoms with Crippen LogP contribution in [0.5, 0.6) is 0 Å². The first-order chi connectivity index (χ1) is 9.45. The van der Waals surface area contributed by atoms with E-state index >= 15 is 0 Å². The molecule has 7 heteroatoms. The van der Waals surface area contributed by atoms with Crippen molar-refractivity contribution in [3.8, 4) is 0 Å². The summed E-state index contributed by atoms with van der Waals surface area (Å²) < 4.78 is 23.8. The van der Waals surface area contributed by atoms with Crippen LogP contribution in [0.2, 0.25) is 5.02 Å². The van der Waals surface area contributed by atoms with Crippen LogP contribution in [0.25, 0.3) is 0 Å². The van der Waals surface area contributed by atoms with Crippen LogP contribution in [-0.4, -0.2) is 51.2 Å². The summed E-state index contributed by atoms with van der Waals surface area (Å²) in [5.74, 6) is -0.222. The van der Waals surface area contributed by atoms with Gasteiger partial charge in [0.2, 0.25) is 0 Å². The molecule has 0 spiro atoms. The number of carbonyl (C=O) groups excluding carboxylic acids is 1.